The SMILES string of the molecule is CNC(=O)CN1CCC(NCc2cn[nH]c2C)CC1. The van der Waals surface area contributed by atoms with Crippen molar-refractivity contribution in [2.45, 2.75) is 32.4 Å². The number of likely N-dealkylation sites (N-methyl/N-ethyl adjacent to an activating group) is 1. The van der Waals surface area contributed by atoms with Crippen LogP contribution in [0.15, 0.2) is 6.20 Å². The fourth-order valence-electron chi connectivity index (χ4n) is 2.39. The summed E-state index contributed by atoms with van der Waals surface area (Å²) in [7, 11) is 1.68. The minimum Gasteiger partial charge on any atom is -0.358 e. The number of piperidine rings is 1. The maximum Gasteiger partial charge on any atom is 0.233 e. The Morgan fingerprint density at radius 2 is 2.26 bits per heavy atom. The molecule has 0 bridgehead atoms. The lowest BCUT2D eigenvalue weighted by molar-refractivity contribution is -0.122. The van der Waals surface area contributed by atoms with Crippen LogP contribution in [-0.2, 0) is 11.3 Å². The Labute approximate surface area is 113 Å². The van der Waals surface area contributed by atoms with E-state index in [1.54, 1.807) is 7.05 Å². The zero-order valence-electron chi connectivity index (χ0n) is 11.7. The van der Waals surface area contributed by atoms with Crippen LogP contribution in [0, 0.1) is 6.92 Å². The second-order valence-electron chi connectivity index (χ2n) is 5.12. The standard InChI is InChI=1S/C13H23N5O/c1-10-11(8-16-17-10)7-15-12-3-5-18(6-4-12)9-13(19)14-2/h8,12,15H,3-7,9H2,1-2H3,(H,14,19)(H,16,17). The van der Waals surface area contributed by atoms with E-state index >= 15 is 0 Å². The molecule has 0 atom stereocenters. The maximum atomic E-state index is 11.3. The van der Waals surface area contributed by atoms with E-state index in [0.717, 1.165) is 38.2 Å². The number of likely N-dealkylation sites (tertiary alicyclic amines) is 1. The number of hydrogen-bond acceptors (Lipinski definition) is 4. The molecule has 0 aromatic carbocycles. The number of carbonyl (C=O) groups is 1. The van der Waals surface area contributed by atoms with E-state index in [1.807, 2.05) is 13.1 Å². The summed E-state index contributed by atoms with van der Waals surface area (Å²) in [5.74, 6) is 0.0976. The number of nitrogens with one attached hydrogen (secondary N) is 3. The zero-order valence-corrected chi connectivity index (χ0v) is 11.7. The molecule has 0 radical (unpaired) electrons. The average molecular weight is 265 g/mol. The van der Waals surface area contributed by atoms with Gasteiger partial charge in [0, 0.05) is 44.0 Å². The van der Waals surface area contributed by atoms with Crippen molar-refractivity contribution in [3.63, 3.8) is 0 Å². The first kappa shape index (κ1) is 14.0. The Balaban J connectivity index is 1.69. The monoisotopic (exact) mass is 265 g/mol. The lowest BCUT2D eigenvalue weighted by Gasteiger charge is -2.31. The highest BCUT2D eigenvalue weighted by Crippen LogP contribution is 2.11. The number of aromatic nitrogens is 2. The molecular weight excluding hydrogens is 242 g/mol. The van der Waals surface area contributed by atoms with E-state index in [4.69, 9.17) is 0 Å². The van der Waals surface area contributed by atoms with Crippen LogP contribution in [0.1, 0.15) is 24.1 Å². The maximum absolute atomic E-state index is 11.3. The molecule has 1 amide bonds. The summed E-state index contributed by atoms with van der Waals surface area (Å²) in [4.78, 5) is 13.5. The van der Waals surface area contributed by atoms with Gasteiger partial charge in [0.15, 0.2) is 0 Å². The summed E-state index contributed by atoms with van der Waals surface area (Å²) in [5, 5.41) is 13.2. The second kappa shape index (κ2) is 6.68. The highest BCUT2D eigenvalue weighted by atomic mass is 16.1. The van der Waals surface area contributed by atoms with Gasteiger partial charge >= 0.3 is 0 Å². The summed E-state index contributed by atoms with van der Waals surface area (Å²) < 4.78 is 0. The summed E-state index contributed by atoms with van der Waals surface area (Å²) >= 11 is 0. The van der Waals surface area contributed by atoms with Crippen molar-refractivity contribution in [3.05, 3.63) is 17.5 Å². The number of H-pyrrole nitrogens is 1. The summed E-state index contributed by atoms with van der Waals surface area (Å²) in [6, 6.07) is 0.537. The number of aromatic amines is 1. The smallest absolute Gasteiger partial charge is 0.233 e. The van der Waals surface area contributed by atoms with Crippen LogP contribution < -0.4 is 10.6 Å². The van der Waals surface area contributed by atoms with Crippen LogP contribution in [0.25, 0.3) is 0 Å². The van der Waals surface area contributed by atoms with E-state index in [0.29, 0.717) is 12.6 Å². The fourth-order valence-corrected chi connectivity index (χ4v) is 2.39. The second-order valence-corrected chi connectivity index (χ2v) is 5.12. The molecule has 0 spiro atoms. The first-order valence-electron chi connectivity index (χ1n) is 6.84. The van der Waals surface area contributed by atoms with Crippen molar-refractivity contribution in [1.82, 2.24) is 25.7 Å². The molecule has 6 nitrogen and oxygen atoms in total. The molecule has 19 heavy (non-hydrogen) atoms. The molecule has 2 heterocycles. The zero-order chi connectivity index (χ0) is 13.7. The van der Waals surface area contributed by atoms with E-state index in [-0.39, 0.29) is 5.91 Å². The van der Waals surface area contributed by atoms with Gasteiger partial charge in [0.2, 0.25) is 5.91 Å². The van der Waals surface area contributed by atoms with Gasteiger partial charge < -0.3 is 10.6 Å². The summed E-state index contributed by atoms with van der Waals surface area (Å²) in [6.45, 7) is 5.38. The molecule has 6 heteroatoms. The van der Waals surface area contributed by atoms with Gasteiger partial charge in [-0.3, -0.25) is 14.8 Å². The normalized spacial score (nSPS) is 17.6. The van der Waals surface area contributed by atoms with E-state index in [9.17, 15) is 4.79 Å². The molecule has 3 N–H and O–H groups in total. The third-order valence-electron chi connectivity index (χ3n) is 3.75. The molecular formula is C13H23N5O. The van der Waals surface area contributed by atoms with Crippen LogP contribution in [0.3, 0.4) is 0 Å². The highest BCUT2D eigenvalue weighted by Gasteiger charge is 2.20. The Morgan fingerprint density at radius 3 is 2.84 bits per heavy atom. The van der Waals surface area contributed by atoms with Gasteiger partial charge in [-0.2, -0.15) is 5.10 Å². The molecule has 1 aromatic rings. The third kappa shape index (κ3) is 4.04. The van der Waals surface area contributed by atoms with Gasteiger partial charge in [-0.1, -0.05) is 0 Å². The summed E-state index contributed by atoms with van der Waals surface area (Å²) in [5.41, 5.74) is 2.36. The van der Waals surface area contributed by atoms with E-state index in [1.165, 1.54) is 5.56 Å². The van der Waals surface area contributed by atoms with Crippen LogP contribution >= 0.6 is 0 Å². The topological polar surface area (TPSA) is 73.1 Å². The van der Waals surface area contributed by atoms with Gasteiger partial charge in [-0.15, -0.1) is 0 Å². The van der Waals surface area contributed by atoms with Crippen LogP contribution in [-0.4, -0.2) is 53.7 Å². The van der Waals surface area contributed by atoms with Crippen molar-refractivity contribution >= 4 is 5.91 Å². The minimum atomic E-state index is 0.0976. The number of amides is 1. The number of rotatable bonds is 5. The molecule has 1 aliphatic heterocycles. The van der Waals surface area contributed by atoms with Gasteiger partial charge in [0.1, 0.15) is 0 Å². The number of aryl methyl sites for hydroxylation is 1. The minimum absolute atomic E-state index is 0.0976. The molecule has 2 rings (SSSR count). The number of hydrogen-bond donors (Lipinski definition) is 3. The Bertz CT molecular complexity index is 409. The molecule has 1 saturated heterocycles. The number of nitrogens with zero attached hydrogens (tertiary/aromatic N) is 2. The third-order valence-corrected chi connectivity index (χ3v) is 3.75. The number of carbonyl (C=O) groups excluding carboxylic acids is 1. The molecule has 0 unspecified atom stereocenters. The first-order valence-corrected chi connectivity index (χ1v) is 6.84. The van der Waals surface area contributed by atoms with Gasteiger partial charge in [0.25, 0.3) is 0 Å². The van der Waals surface area contributed by atoms with Crippen molar-refractivity contribution < 1.29 is 4.79 Å². The molecule has 0 aliphatic carbocycles. The van der Waals surface area contributed by atoms with Gasteiger partial charge in [-0.05, 0) is 19.8 Å². The Kier molecular flexibility index (Phi) is 4.93. The Hall–Kier alpha value is -1.40. The molecule has 106 valence electrons. The van der Waals surface area contributed by atoms with Crippen LogP contribution in [0.2, 0.25) is 0 Å². The summed E-state index contributed by atoms with van der Waals surface area (Å²) in [6.07, 6.45) is 4.06. The molecule has 0 saturated carbocycles. The predicted molar refractivity (Wildman–Crippen MR) is 73.7 cm³/mol. The Morgan fingerprint density at radius 1 is 1.53 bits per heavy atom. The molecule has 1 fully saturated rings. The lowest BCUT2D eigenvalue weighted by atomic mass is 10.0. The average Bonchev–Trinajstić information content (AvgIpc) is 2.83. The molecule has 1 aromatic heterocycles. The van der Waals surface area contributed by atoms with Gasteiger partial charge in [-0.25, -0.2) is 0 Å². The van der Waals surface area contributed by atoms with Gasteiger partial charge in [0.05, 0.1) is 12.7 Å². The van der Waals surface area contributed by atoms with E-state index < -0.39 is 0 Å². The van der Waals surface area contributed by atoms with Crippen LogP contribution in [0.4, 0.5) is 0 Å². The van der Waals surface area contributed by atoms with Crippen molar-refractivity contribution in [2.75, 3.05) is 26.7 Å². The first-order chi connectivity index (χ1) is 9.19. The van der Waals surface area contributed by atoms with Crippen molar-refractivity contribution in [2.24, 2.45) is 0 Å². The van der Waals surface area contributed by atoms with E-state index in [2.05, 4.69) is 25.7 Å². The molecule has 1 aliphatic rings. The van der Waals surface area contributed by atoms with Crippen molar-refractivity contribution in [1.29, 1.82) is 0 Å². The van der Waals surface area contributed by atoms with Crippen LogP contribution in [0.5, 0.6) is 0 Å². The quantitative estimate of drug-likeness (QED) is 0.702. The predicted octanol–water partition coefficient (Wildman–Crippen LogP) is 0.0181. The fraction of sp³-hybridized carbons (Fsp3) is 0.692. The van der Waals surface area contributed by atoms with Crippen molar-refractivity contribution in [3.8, 4) is 0 Å². The largest absolute Gasteiger partial charge is 0.358 e. The highest BCUT2D eigenvalue weighted by molar-refractivity contribution is 5.77. The lowest BCUT2D eigenvalue weighted by Crippen LogP contribution is -2.45.